The normalized spacial score (nSPS) is 11.4. The van der Waals surface area contributed by atoms with Crippen LogP contribution in [-0.4, -0.2) is 29.9 Å². The Morgan fingerprint density at radius 1 is 0.468 bits per heavy atom. The van der Waals surface area contributed by atoms with Crippen molar-refractivity contribution in [3.8, 4) is 56.3 Å². The van der Waals surface area contributed by atoms with E-state index in [0.717, 1.165) is 61.4 Å². The van der Waals surface area contributed by atoms with Gasteiger partial charge in [0.2, 0.25) is 5.71 Å². The van der Waals surface area contributed by atoms with Gasteiger partial charge in [-0.15, -0.1) is 0 Å². The number of rotatable bonds is 5. The number of furan rings is 1. The summed E-state index contributed by atoms with van der Waals surface area (Å²) < 4.78 is 6.04. The Labute approximate surface area is 269 Å². The molecule has 0 amide bonds. The second kappa shape index (κ2) is 11.1. The van der Waals surface area contributed by atoms with Crippen molar-refractivity contribution in [1.82, 2.24) is 29.9 Å². The molecule has 47 heavy (non-hydrogen) atoms. The Bertz CT molecular complexity index is 2500. The summed E-state index contributed by atoms with van der Waals surface area (Å²) in [6, 6.07) is 39.0. The van der Waals surface area contributed by atoms with Crippen molar-refractivity contribution < 1.29 is 4.42 Å². The Morgan fingerprint density at radius 3 is 2.19 bits per heavy atom. The zero-order valence-electron chi connectivity index (χ0n) is 24.9. The minimum Gasteiger partial charge on any atom is -0.434 e. The molecule has 0 saturated heterocycles. The molecule has 0 N–H and O–H groups in total. The molecule has 0 atom stereocenters. The summed E-state index contributed by atoms with van der Waals surface area (Å²) in [6.45, 7) is 0. The molecular formula is C40H24N6O. The van der Waals surface area contributed by atoms with Crippen molar-refractivity contribution in [2.24, 2.45) is 0 Å². The topological polar surface area (TPSA) is 90.5 Å². The zero-order chi connectivity index (χ0) is 31.2. The smallest absolute Gasteiger partial charge is 0.229 e. The van der Waals surface area contributed by atoms with E-state index in [-0.39, 0.29) is 0 Å². The van der Waals surface area contributed by atoms with Crippen LogP contribution in [0.2, 0.25) is 0 Å². The average Bonchev–Trinajstić information content (AvgIpc) is 3.52. The van der Waals surface area contributed by atoms with Gasteiger partial charge in [-0.2, -0.15) is 0 Å². The third-order valence-electron chi connectivity index (χ3n) is 8.36. The van der Waals surface area contributed by atoms with E-state index in [9.17, 15) is 0 Å². The highest BCUT2D eigenvalue weighted by atomic mass is 16.3. The highest BCUT2D eigenvalue weighted by Crippen LogP contribution is 2.35. The van der Waals surface area contributed by atoms with Gasteiger partial charge in [-0.1, -0.05) is 72.8 Å². The monoisotopic (exact) mass is 604 g/mol. The fourth-order valence-corrected chi connectivity index (χ4v) is 6.03. The third kappa shape index (κ3) is 4.87. The molecule has 0 saturated carbocycles. The van der Waals surface area contributed by atoms with Gasteiger partial charge >= 0.3 is 0 Å². The molecular weight excluding hydrogens is 580 g/mol. The predicted molar refractivity (Wildman–Crippen MR) is 185 cm³/mol. The maximum absolute atomic E-state index is 6.04. The summed E-state index contributed by atoms with van der Waals surface area (Å²) in [5, 5.41) is 3.21. The van der Waals surface area contributed by atoms with Gasteiger partial charge in [0.25, 0.3) is 0 Å². The van der Waals surface area contributed by atoms with Gasteiger partial charge in [0, 0.05) is 41.5 Å². The summed E-state index contributed by atoms with van der Waals surface area (Å²) in [5.41, 5.74) is 10.3. The first-order valence-electron chi connectivity index (χ1n) is 15.2. The molecule has 0 aliphatic heterocycles. The number of pyridine rings is 4. The lowest BCUT2D eigenvalue weighted by atomic mass is 9.99. The molecule has 9 rings (SSSR count). The maximum Gasteiger partial charge on any atom is 0.229 e. The van der Waals surface area contributed by atoms with Gasteiger partial charge in [0.15, 0.2) is 11.4 Å². The van der Waals surface area contributed by atoms with E-state index in [2.05, 4.69) is 92.7 Å². The SMILES string of the molecule is c1ccc(-c2cc(-c3ccc(-c4ncc5oc6ncc(-c7cccc8ccccc78)cc6c5n4)cc3)cc(-c3cccnc3)n2)nc1. The Hall–Kier alpha value is -6.60. The van der Waals surface area contributed by atoms with E-state index in [1.807, 2.05) is 54.9 Å². The number of hydrogen-bond acceptors (Lipinski definition) is 7. The Morgan fingerprint density at radius 2 is 1.32 bits per heavy atom. The summed E-state index contributed by atoms with van der Waals surface area (Å²) in [7, 11) is 0. The fraction of sp³-hybridized carbons (Fsp3) is 0. The minimum absolute atomic E-state index is 0.539. The van der Waals surface area contributed by atoms with Crippen LogP contribution in [0.3, 0.4) is 0 Å². The average molecular weight is 605 g/mol. The van der Waals surface area contributed by atoms with Gasteiger partial charge in [-0.3, -0.25) is 9.97 Å². The molecule has 0 radical (unpaired) electrons. The molecule has 7 heteroatoms. The van der Waals surface area contributed by atoms with Crippen molar-refractivity contribution in [3.63, 3.8) is 0 Å². The summed E-state index contributed by atoms with van der Waals surface area (Å²) in [4.78, 5) is 28.0. The minimum atomic E-state index is 0.539. The quantitative estimate of drug-likeness (QED) is 0.193. The number of aromatic nitrogens is 6. The molecule has 0 aliphatic rings. The van der Waals surface area contributed by atoms with Gasteiger partial charge in [-0.25, -0.2) is 19.9 Å². The second-order valence-electron chi connectivity index (χ2n) is 11.3. The van der Waals surface area contributed by atoms with Crippen molar-refractivity contribution in [3.05, 3.63) is 146 Å². The molecule has 0 spiro atoms. The second-order valence-corrected chi connectivity index (χ2v) is 11.3. The molecule has 0 aliphatic carbocycles. The van der Waals surface area contributed by atoms with Crippen LogP contribution >= 0.6 is 0 Å². The van der Waals surface area contributed by atoms with Crippen LogP contribution in [0.1, 0.15) is 0 Å². The summed E-state index contributed by atoms with van der Waals surface area (Å²) >= 11 is 0. The van der Waals surface area contributed by atoms with Crippen LogP contribution < -0.4 is 0 Å². The van der Waals surface area contributed by atoms with Crippen molar-refractivity contribution in [2.45, 2.75) is 0 Å². The van der Waals surface area contributed by atoms with Crippen LogP contribution in [0.5, 0.6) is 0 Å². The molecule has 6 heterocycles. The summed E-state index contributed by atoms with van der Waals surface area (Å²) in [6.07, 6.45) is 8.95. The Kier molecular flexibility index (Phi) is 6.31. The molecule has 9 aromatic rings. The lowest BCUT2D eigenvalue weighted by Crippen LogP contribution is -1.93. The van der Waals surface area contributed by atoms with Crippen LogP contribution in [0.15, 0.2) is 151 Å². The van der Waals surface area contributed by atoms with E-state index in [4.69, 9.17) is 14.4 Å². The Balaban J connectivity index is 1.10. The van der Waals surface area contributed by atoms with Gasteiger partial charge < -0.3 is 4.42 Å². The third-order valence-corrected chi connectivity index (χ3v) is 8.36. The van der Waals surface area contributed by atoms with Gasteiger partial charge in [0.05, 0.1) is 28.7 Å². The van der Waals surface area contributed by atoms with Gasteiger partial charge in [0.1, 0.15) is 5.52 Å². The largest absolute Gasteiger partial charge is 0.434 e. The number of benzene rings is 3. The summed E-state index contributed by atoms with van der Waals surface area (Å²) in [5.74, 6) is 0.613. The number of fused-ring (bicyclic) bond motifs is 4. The first-order valence-corrected chi connectivity index (χ1v) is 15.2. The lowest BCUT2D eigenvalue weighted by Gasteiger charge is -2.10. The lowest BCUT2D eigenvalue weighted by molar-refractivity contribution is 0.651. The maximum atomic E-state index is 6.04. The van der Waals surface area contributed by atoms with Crippen LogP contribution in [-0.2, 0) is 0 Å². The highest BCUT2D eigenvalue weighted by molar-refractivity contribution is 6.04. The van der Waals surface area contributed by atoms with Crippen molar-refractivity contribution in [1.29, 1.82) is 0 Å². The van der Waals surface area contributed by atoms with E-state index in [1.54, 1.807) is 18.6 Å². The van der Waals surface area contributed by atoms with Crippen molar-refractivity contribution >= 4 is 33.0 Å². The fourth-order valence-electron chi connectivity index (χ4n) is 6.03. The zero-order valence-corrected chi connectivity index (χ0v) is 24.9. The van der Waals surface area contributed by atoms with E-state index < -0.39 is 0 Å². The van der Waals surface area contributed by atoms with Crippen LogP contribution in [0, 0.1) is 0 Å². The highest BCUT2D eigenvalue weighted by Gasteiger charge is 2.15. The predicted octanol–water partition coefficient (Wildman–Crippen LogP) is 9.44. The first kappa shape index (κ1) is 26.8. The molecule has 6 aromatic heterocycles. The first-order chi connectivity index (χ1) is 23.3. The van der Waals surface area contributed by atoms with Crippen LogP contribution in [0.4, 0.5) is 0 Å². The van der Waals surface area contributed by atoms with E-state index >= 15 is 0 Å². The van der Waals surface area contributed by atoms with E-state index in [1.165, 1.54) is 10.8 Å². The molecule has 0 bridgehead atoms. The molecule has 220 valence electrons. The molecule has 0 fully saturated rings. The molecule has 7 nitrogen and oxygen atoms in total. The van der Waals surface area contributed by atoms with Crippen LogP contribution in [0.25, 0.3) is 89.3 Å². The van der Waals surface area contributed by atoms with Crippen molar-refractivity contribution in [2.75, 3.05) is 0 Å². The number of hydrogen-bond donors (Lipinski definition) is 0. The standard InChI is InChI=1S/C40H24N6O/c1-2-10-31-26(7-1)8-5-11-32(31)30-19-33-38-37(47-40(33)44-23-30)24-43-39(46-38)27-15-13-25(14-16-27)29-20-35(28-9-6-17-41-22-28)45-36(21-29)34-12-3-4-18-42-34/h1-24H. The van der Waals surface area contributed by atoms with E-state index in [0.29, 0.717) is 17.1 Å². The van der Waals surface area contributed by atoms with Gasteiger partial charge in [-0.05, 0) is 69.9 Å². The molecule has 3 aromatic carbocycles. The molecule has 0 unspecified atom stereocenters. The number of nitrogens with zero attached hydrogens (tertiary/aromatic N) is 6.